The van der Waals surface area contributed by atoms with Gasteiger partial charge in [0, 0.05) is 5.56 Å². The van der Waals surface area contributed by atoms with Gasteiger partial charge in [0.15, 0.2) is 0 Å². The van der Waals surface area contributed by atoms with Gasteiger partial charge in [0.25, 0.3) is 5.91 Å². The molecular weight excluding hydrogens is 362 g/mol. The van der Waals surface area contributed by atoms with Crippen LogP contribution in [0.1, 0.15) is 15.9 Å². The predicted molar refractivity (Wildman–Crippen MR) is 108 cm³/mol. The van der Waals surface area contributed by atoms with Gasteiger partial charge in [0.2, 0.25) is 5.95 Å². The first-order chi connectivity index (χ1) is 13.1. The molecular formula is C20H16ClN5O. The van der Waals surface area contributed by atoms with E-state index in [1.165, 1.54) is 0 Å². The smallest absolute Gasteiger partial charge is 0.257 e. The van der Waals surface area contributed by atoms with Gasteiger partial charge in [-0.1, -0.05) is 42.4 Å². The molecule has 0 atom stereocenters. The first kappa shape index (κ1) is 17.1. The zero-order valence-corrected chi connectivity index (χ0v) is 15.1. The third kappa shape index (κ3) is 3.75. The lowest BCUT2D eigenvalue weighted by atomic mass is 10.1. The summed E-state index contributed by atoms with van der Waals surface area (Å²) in [7, 11) is 0. The number of H-pyrrole nitrogens is 1. The van der Waals surface area contributed by atoms with Crippen molar-refractivity contribution in [3.63, 3.8) is 0 Å². The van der Waals surface area contributed by atoms with Crippen LogP contribution in [0.25, 0.3) is 11.0 Å². The standard InChI is InChI=1S/C20H16ClN5O/c1-13-9-10-18(21)25-26(13)12-14-5-4-6-15(11-14)19(27)24-20-22-16-7-2-3-8-17(16)23-20/h2-11H,1,12H2,(H2,22,23,24,27). The fourth-order valence-corrected chi connectivity index (χ4v) is 2.93. The molecule has 7 heteroatoms. The van der Waals surface area contributed by atoms with Crippen LogP contribution in [0.15, 0.2) is 78.1 Å². The number of nitrogens with zero attached hydrogens (tertiary/aromatic N) is 3. The number of aromatic amines is 1. The van der Waals surface area contributed by atoms with Crippen molar-refractivity contribution >= 4 is 39.7 Å². The second-order valence-corrected chi connectivity index (χ2v) is 6.45. The van der Waals surface area contributed by atoms with Crippen LogP contribution in [-0.2, 0) is 6.54 Å². The van der Waals surface area contributed by atoms with E-state index in [0.29, 0.717) is 23.2 Å². The fourth-order valence-electron chi connectivity index (χ4n) is 2.78. The van der Waals surface area contributed by atoms with Crippen LogP contribution in [0.5, 0.6) is 0 Å². The molecule has 3 aromatic rings. The molecule has 27 heavy (non-hydrogen) atoms. The average Bonchev–Trinajstić information content (AvgIpc) is 3.07. The zero-order valence-electron chi connectivity index (χ0n) is 14.3. The Hall–Kier alpha value is -3.38. The van der Waals surface area contributed by atoms with Crippen LogP contribution in [-0.4, -0.2) is 26.1 Å². The van der Waals surface area contributed by atoms with Gasteiger partial charge in [-0.2, -0.15) is 5.10 Å². The molecule has 0 unspecified atom stereocenters. The molecule has 0 radical (unpaired) electrons. The summed E-state index contributed by atoms with van der Waals surface area (Å²) in [6.07, 6.45) is 3.49. The second kappa shape index (κ2) is 7.09. The van der Waals surface area contributed by atoms with Crippen LogP contribution in [0, 0.1) is 0 Å². The maximum Gasteiger partial charge on any atom is 0.257 e. The van der Waals surface area contributed by atoms with E-state index in [-0.39, 0.29) is 5.91 Å². The lowest BCUT2D eigenvalue weighted by molar-refractivity contribution is 0.102. The number of aromatic nitrogens is 2. The fraction of sp³-hybridized carbons (Fsp3) is 0.0500. The molecule has 1 aliphatic rings. The Morgan fingerprint density at radius 3 is 2.89 bits per heavy atom. The lowest BCUT2D eigenvalue weighted by Crippen LogP contribution is -2.19. The van der Waals surface area contributed by atoms with Gasteiger partial charge in [0.05, 0.1) is 23.3 Å². The number of halogens is 1. The molecule has 0 spiro atoms. The molecule has 134 valence electrons. The van der Waals surface area contributed by atoms with Crippen LogP contribution < -0.4 is 5.32 Å². The first-order valence-corrected chi connectivity index (χ1v) is 8.70. The van der Waals surface area contributed by atoms with Gasteiger partial charge in [0.1, 0.15) is 5.17 Å². The van der Waals surface area contributed by atoms with Crippen molar-refractivity contribution in [1.29, 1.82) is 0 Å². The van der Waals surface area contributed by atoms with Gasteiger partial charge in [-0.3, -0.25) is 15.1 Å². The van der Waals surface area contributed by atoms with E-state index in [4.69, 9.17) is 11.6 Å². The monoisotopic (exact) mass is 377 g/mol. The number of hydrazone groups is 1. The minimum absolute atomic E-state index is 0.241. The number of nitrogens with one attached hydrogen (secondary N) is 2. The van der Waals surface area contributed by atoms with Crippen molar-refractivity contribution in [2.24, 2.45) is 5.10 Å². The van der Waals surface area contributed by atoms with E-state index in [0.717, 1.165) is 22.3 Å². The summed E-state index contributed by atoms with van der Waals surface area (Å²) in [5.74, 6) is 0.173. The molecule has 0 aliphatic carbocycles. The Bertz CT molecular complexity index is 1070. The summed E-state index contributed by atoms with van der Waals surface area (Å²) in [6.45, 7) is 4.41. The highest BCUT2D eigenvalue weighted by atomic mass is 35.5. The molecule has 0 saturated heterocycles. The lowest BCUT2D eigenvalue weighted by Gasteiger charge is -2.22. The molecule has 1 amide bonds. The Morgan fingerprint density at radius 1 is 1.19 bits per heavy atom. The van der Waals surface area contributed by atoms with Crippen LogP contribution >= 0.6 is 11.6 Å². The molecule has 0 saturated carbocycles. The molecule has 0 fully saturated rings. The Morgan fingerprint density at radius 2 is 2.04 bits per heavy atom. The minimum atomic E-state index is -0.241. The van der Waals surface area contributed by atoms with Gasteiger partial charge in [-0.05, 0) is 42.0 Å². The predicted octanol–water partition coefficient (Wildman–Crippen LogP) is 4.25. The molecule has 4 rings (SSSR count). The van der Waals surface area contributed by atoms with Gasteiger partial charge >= 0.3 is 0 Å². The number of hydrogen-bond donors (Lipinski definition) is 2. The molecule has 2 heterocycles. The van der Waals surface area contributed by atoms with E-state index in [9.17, 15) is 4.79 Å². The number of allylic oxidation sites excluding steroid dienone is 2. The number of imidazole rings is 1. The van der Waals surface area contributed by atoms with Gasteiger partial charge in [-0.25, -0.2) is 4.98 Å². The van der Waals surface area contributed by atoms with E-state index >= 15 is 0 Å². The number of amides is 1. The second-order valence-electron chi connectivity index (χ2n) is 6.06. The summed E-state index contributed by atoms with van der Waals surface area (Å²) in [4.78, 5) is 20.0. The van der Waals surface area contributed by atoms with Crippen molar-refractivity contribution in [2.75, 3.05) is 5.32 Å². The molecule has 1 aliphatic heterocycles. The number of carbonyl (C=O) groups excluding carboxylic acids is 1. The number of fused-ring (bicyclic) bond motifs is 1. The number of hydrogen-bond acceptors (Lipinski definition) is 4. The topological polar surface area (TPSA) is 73.4 Å². The quantitative estimate of drug-likeness (QED) is 0.713. The van der Waals surface area contributed by atoms with E-state index in [1.54, 1.807) is 23.2 Å². The number of para-hydroxylation sites is 2. The summed E-state index contributed by atoms with van der Waals surface area (Å²) >= 11 is 5.95. The highest BCUT2D eigenvalue weighted by Crippen LogP contribution is 2.18. The first-order valence-electron chi connectivity index (χ1n) is 8.32. The maximum atomic E-state index is 12.6. The Labute approximate surface area is 160 Å². The molecule has 2 aromatic carbocycles. The normalized spacial score (nSPS) is 13.7. The number of anilines is 1. The summed E-state index contributed by atoms with van der Waals surface area (Å²) < 4.78 is 0. The minimum Gasteiger partial charge on any atom is -0.324 e. The zero-order chi connectivity index (χ0) is 18.8. The summed E-state index contributed by atoms with van der Waals surface area (Å²) in [5, 5.41) is 9.12. The maximum absolute atomic E-state index is 12.6. The van der Waals surface area contributed by atoms with Crippen molar-refractivity contribution in [2.45, 2.75) is 6.54 Å². The molecule has 0 bridgehead atoms. The third-order valence-electron chi connectivity index (χ3n) is 4.10. The largest absolute Gasteiger partial charge is 0.324 e. The van der Waals surface area contributed by atoms with Crippen LogP contribution in [0.3, 0.4) is 0 Å². The van der Waals surface area contributed by atoms with E-state index in [1.807, 2.05) is 42.5 Å². The van der Waals surface area contributed by atoms with Crippen LogP contribution in [0.2, 0.25) is 0 Å². The van der Waals surface area contributed by atoms with Crippen molar-refractivity contribution in [3.8, 4) is 0 Å². The Kier molecular flexibility index (Phi) is 4.48. The van der Waals surface area contributed by atoms with Gasteiger partial charge < -0.3 is 4.98 Å². The summed E-state index contributed by atoms with van der Waals surface area (Å²) in [5.41, 5.74) is 3.84. The Balaban J connectivity index is 1.50. The highest BCUT2D eigenvalue weighted by molar-refractivity contribution is 6.68. The summed E-state index contributed by atoms with van der Waals surface area (Å²) in [6, 6.07) is 14.9. The molecule has 6 nitrogen and oxygen atoms in total. The van der Waals surface area contributed by atoms with Crippen molar-refractivity contribution < 1.29 is 4.79 Å². The highest BCUT2D eigenvalue weighted by Gasteiger charge is 2.13. The molecule has 1 aromatic heterocycles. The van der Waals surface area contributed by atoms with Crippen molar-refractivity contribution in [3.05, 3.63) is 84.1 Å². The van der Waals surface area contributed by atoms with Crippen molar-refractivity contribution in [1.82, 2.24) is 15.0 Å². The molecule has 2 N–H and O–H groups in total. The number of benzene rings is 2. The number of carbonyl (C=O) groups is 1. The average molecular weight is 378 g/mol. The SMILES string of the molecule is C=C1C=CC(Cl)=NN1Cc1cccc(C(=O)Nc2nc3ccccc3[nH]2)c1. The van der Waals surface area contributed by atoms with Crippen LogP contribution in [0.4, 0.5) is 5.95 Å². The third-order valence-corrected chi connectivity index (χ3v) is 4.31. The number of rotatable bonds is 4. The van der Waals surface area contributed by atoms with E-state index in [2.05, 4.69) is 27.0 Å². The van der Waals surface area contributed by atoms with Gasteiger partial charge in [-0.15, -0.1) is 0 Å². The van der Waals surface area contributed by atoms with E-state index < -0.39 is 0 Å².